The van der Waals surface area contributed by atoms with Crippen molar-refractivity contribution in [2.24, 2.45) is 4.99 Å². The predicted octanol–water partition coefficient (Wildman–Crippen LogP) is 1.42. The molecule has 0 saturated carbocycles. The topological polar surface area (TPSA) is 41.5 Å². The van der Waals surface area contributed by atoms with E-state index in [4.69, 9.17) is 0 Å². The molecule has 0 amide bonds. The summed E-state index contributed by atoms with van der Waals surface area (Å²) in [5, 5.41) is 3.18. The van der Waals surface area contributed by atoms with Crippen molar-refractivity contribution in [3.8, 4) is 0 Å². The van der Waals surface area contributed by atoms with Gasteiger partial charge in [-0.15, -0.1) is 0 Å². The molecule has 15 heavy (non-hydrogen) atoms. The van der Waals surface area contributed by atoms with Crippen LogP contribution in [0.5, 0.6) is 0 Å². The fourth-order valence-electron chi connectivity index (χ4n) is 2.40. The zero-order valence-corrected chi connectivity index (χ0v) is 8.31. The Bertz CT molecular complexity index is 439. The van der Waals surface area contributed by atoms with Crippen LogP contribution in [0.25, 0.3) is 0 Å². The first-order valence-electron chi connectivity index (χ1n) is 5.23. The van der Waals surface area contributed by atoms with E-state index in [2.05, 4.69) is 16.4 Å². The van der Waals surface area contributed by atoms with E-state index in [1.54, 1.807) is 0 Å². The number of hydrogen-bond acceptors (Lipinski definition) is 3. The van der Waals surface area contributed by atoms with Gasteiger partial charge in [0, 0.05) is 18.2 Å². The molecule has 0 aromatic heterocycles. The Kier molecular flexibility index (Phi) is 1.92. The second-order valence-electron chi connectivity index (χ2n) is 4.07. The quantitative estimate of drug-likeness (QED) is 0.696. The van der Waals surface area contributed by atoms with Crippen molar-refractivity contribution in [3.05, 3.63) is 29.8 Å². The van der Waals surface area contributed by atoms with Gasteiger partial charge in [-0.05, 0) is 18.1 Å². The van der Waals surface area contributed by atoms with Crippen LogP contribution in [0.15, 0.2) is 29.3 Å². The normalized spacial score (nSPS) is 27.9. The first-order chi connectivity index (χ1) is 7.38. The number of carbonyl (C=O) groups excluding carboxylic acids is 1. The first kappa shape index (κ1) is 8.80. The molecular weight excluding hydrogens is 188 g/mol. The summed E-state index contributed by atoms with van der Waals surface area (Å²) in [7, 11) is 0. The minimum Gasteiger partial charge on any atom is -0.302 e. The molecule has 1 saturated heterocycles. The molecule has 2 atom stereocenters. The molecule has 0 bridgehead atoms. The highest BCUT2D eigenvalue weighted by molar-refractivity contribution is 6.00. The largest absolute Gasteiger partial charge is 0.302 e. The lowest BCUT2D eigenvalue weighted by Crippen LogP contribution is -2.43. The molecule has 0 radical (unpaired) electrons. The Morgan fingerprint density at radius 1 is 1.40 bits per heavy atom. The SMILES string of the molecule is O=CC1CC2C(=Nc3ccccc32)CN1. The highest BCUT2D eigenvalue weighted by Gasteiger charge is 2.32. The summed E-state index contributed by atoms with van der Waals surface area (Å²) in [5.41, 5.74) is 3.53. The maximum atomic E-state index is 10.8. The number of benzene rings is 1. The summed E-state index contributed by atoms with van der Waals surface area (Å²) >= 11 is 0. The molecule has 2 unspecified atom stereocenters. The van der Waals surface area contributed by atoms with Crippen LogP contribution >= 0.6 is 0 Å². The summed E-state index contributed by atoms with van der Waals surface area (Å²) < 4.78 is 0. The van der Waals surface area contributed by atoms with Crippen LogP contribution in [0, 0.1) is 0 Å². The smallest absolute Gasteiger partial charge is 0.136 e. The summed E-state index contributed by atoms with van der Waals surface area (Å²) in [6.07, 6.45) is 1.84. The van der Waals surface area contributed by atoms with Gasteiger partial charge in [0.1, 0.15) is 6.29 Å². The molecule has 0 spiro atoms. The van der Waals surface area contributed by atoms with Crippen LogP contribution in [-0.4, -0.2) is 24.6 Å². The highest BCUT2D eigenvalue weighted by atomic mass is 16.1. The zero-order valence-electron chi connectivity index (χ0n) is 8.31. The molecule has 3 heteroatoms. The van der Waals surface area contributed by atoms with Crippen LogP contribution < -0.4 is 5.32 Å². The molecule has 76 valence electrons. The van der Waals surface area contributed by atoms with Crippen LogP contribution in [0.1, 0.15) is 17.9 Å². The summed E-state index contributed by atoms with van der Waals surface area (Å²) in [4.78, 5) is 15.3. The lowest BCUT2D eigenvalue weighted by molar-refractivity contribution is -0.109. The molecule has 1 fully saturated rings. The molecule has 1 aromatic rings. The van der Waals surface area contributed by atoms with Crippen LogP contribution in [0.3, 0.4) is 0 Å². The van der Waals surface area contributed by atoms with E-state index in [-0.39, 0.29) is 6.04 Å². The van der Waals surface area contributed by atoms with Crippen molar-refractivity contribution in [2.45, 2.75) is 18.4 Å². The van der Waals surface area contributed by atoms with Crippen molar-refractivity contribution >= 4 is 17.7 Å². The molecule has 1 N–H and O–H groups in total. The lowest BCUT2D eigenvalue weighted by atomic mass is 9.87. The van der Waals surface area contributed by atoms with Gasteiger partial charge in [-0.25, -0.2) is 0 Å². The van der Waals surface area contributed by atoms with Crippen molar-refractivity contribution in [2.75, 3.05) is 6.54 Å². The molecular formula is C12H12N2O. The number of fused-ring (bicyclic) bond motifs is 3. The first-order valence-corrected chi connectivity index (χ1v) is 5.23. The maximum Gasteiger partial charge on any atom is 0.136 e. The number of aldehydes is 1. The molecule has 2 aliphatic heterocycles. The van der Waals surface area contributed by atoms with Gasteiger partial charge in [0.2, 0.25) is 0 Å². The number of piperidine rings is 1. The lowest BCUT2D eigenvalue weighted by Gasteiger charge is -2.25. The number of carbonyl (C=O) groups is 1. The highest BCUT2D eigenvalue weighted by Crippen LogP contribution is 2.38. The number of nitrogens with zero attached hydrogens (tertiary/aromatic N) is 1. The summed E-state index contributed by atoms with van der Waals surface area (Å²) in [6.45, 7) is 0.739. The minimum atomic E-state index is -0.0138. The Morgan fingerprint density at radius 2 is 2.27 bits per heavy atom. The van der Waals surface area contributed by atoms with E-state index in [9.17, 15) is 4.79 Å². The van der Waals surface area contributed by atoms with E-state index >= 15 is 0 Å². The van der Waals surface area contributed by atoms with E-state index in [1.165, 1.54) is 11.3 Å². The molecule has 1 aromatic carbocycles. The predicted molar refractivity (Wildman–Crippen MR) is 58.7 cm³/mol. The van der Waals surface area contributed by atoms with E-state index in [0.717, 1.165) is 24.9 Å². The number of nitrogens with one attached hydrogen (secondary N) is 1. The van der Waals surface area contributed by atoms with Gasteiger partial charge in [-0.3, -0.25) is 4.99 Å². The van der Waals surface area contributed by atoms with Gasteiger partial charge in [0.15, 0.2) is 0 Å². The number of hydrogen-bond donors (Lipinski definition) is 1. The van der Waals surface area contributed by atoms with Gasteiger partial charge >= 0.3 is 0 Å². The van der Waals surface area contributed by atoms with Crippen LogP contribution in [0.2, 0.25) is 0 Å². The van der Waals surface area contributed by atoms with E-state index in [1.807, 2.05) is 18.2 Å². The van der Waals surface area contributed by atoms with E-state index in [0.29, 0.717) is 5.92 Å². The summed E-state index contributed by atoms with van der Waals surface area (Å²) in [6, 6.07) is 8.18. The van der Waals surface area contributed by atoms with Gasteiger partial charge in [-0.1, -0.05) is 18.2 Å². The van der Waals surface area contributed by atoms with Gasteiger partial charge in [0.25, 0.3) is 0 Å². The third kappa shape index (κ3) is 1.31. The average Bonchev–Trinajstić information content (AvgIpc) is 2.66. The molecule has 3 rings (SSSR count). The standard InChI is InChI=1S/C12H12N2O/c15-7-8-5-10-9-3-1-2-4-11(9)14-12(10)6-13-8/h1-4,7-8,10,13H,5-6H2. The third-order valence-electron chi connectivity index (χ3n) is 3.18. The third-order valence-corrected chi connectivity index (χ3v) is 3.18. The number of rotatable bonds is 1. The number of aliphatic imine (C=N–C) groups is 1. The van der Waals surface area contributed by atoms with Gasteiger partial charge in [0.05, 0.1) is 11.7 Å². The molecule has 3 nitrogen and oxygen atoms in total. The Balaban J connectivity index is 1.98. The fraction of sp³-hybridized carbons (Fsp3) is 0.333. The second kappa shape index (κ2) is 3.28. The molecule has 2 aliphatic rings. The van der Waals surface area contributed by atoms with Crippen LogP contribution in [0.4, 0.5) is 5.69 Å². The average molecular weight is 200 g/mol. The number of para-hydroxylation sites is 1. The maximum absolute atomic E-state index is 10.8. The van der Waals surface area contributed by atoms with Gasteiger partial charge < -0.3 is 10.1 Å². The monoisotopic (exact) mass is 200 g/mol. The zero-order chi connectivity index (χ0) is 10.3. The molecule has 2 heterocycles. The summed E-state index contributed by atoms with van der Waals surface area (Å²) in [5.74, 6) is 0.359. The molecule has 0 aliphatic carbocycles. The van der Waals surface area contributed by atoms with Crippen molar-refractivity contribution in [1.82, 2.24) is 5.32 Å². The second-order valence-corrected chi connectivity index (χ2v) is 4.07. The van der Waals surface area contributed by atoms with Crippen molar-refractivity contribution < 1.29 is 4.79 Å². The van der Waals surface area contributed by atoms with Crippen molar-refractivity contribution in [1.29, 1.82) is 0 Å². The van der Waals surface area contributed by atoms with Gasteiger partial charge in [-0.2, -0.15) is 0 Å². The fourth-order valence-corrected chi connectivity index (χ4v) is 2.40. The minimum absolute atomic E-state index is 0.0138. The Labute approximate surface area is 88.2 Å². The van der Waals surface area contributed by atoms with Crippen LogP contribution in [-0.2, 0) is 4.79 Å². The Hall–Kier alpha value is -1.48. The van der Waals surface area contributed by atoms with E-state index < -0.39 is 0 Å². The van der Waals surface area contributed by atoms with Crippen molar-refractivity contribution in [3.63, 3.8) is 0 Å². The Morgan fingerprint density at radius 3 is 3.13 bits per heavy atom.